The van der Waals surface area contributed by atoms with E-state index in [0.717, 1.165) is 38.5 Å². The molecule has 9 rings (SSSR count). The van der Waals surface area contributed by atoms with Crippen molar-refractivity contribution in [3.63, 3.8) is 0 Å². The maximum Gasteiger partial charge on any atom is 0.247 e. The maximum atomic E-state index is 2.68. The van der Waals surface area contributed by atoms with Gasteiger partial charge in [0.25, 0.3) is 0 Å². The van der Waals surface area contributed by atoms with Crippen LogP contribution in [0.1, 0.15) is 84.0 Å². The van der Waals surface area contributed by atoms with Crippen molar-refractivity contribution in [1.29, 1.82) is 0 Å². The molecule has 0 saturated carbocycles. The molecule has 4 heteroatoms. The fourth-order valence-electron chi connectivity index (χ4n) is 10.7. The lowest BCUT2D eigenvalue weighted by atomic mass is 9.32. The Morgan fingerprint density at radius 1 is 0.558 bits per heavy atom. The van der Waals surface area contributed by atoms with Crippen molar-refractivity contribution in [2.24, 2.45) is 0 Å². The number of fused-ring (bicyclic) bond motifs is 6. The number of benzene rings is 5. The van der Waals surface area contributed by atoms with Gasteiger partial charge in [0.15, 0.2) is 0 Å². The Bertz CT molecular complexity index is 2330. The number of rotatable bonds is 6. The number of para-hydroxylation sites is 1. The number of anilines is 4. The third kappa shape index (κ3) is 4.86. The third-order valence-corrected chi connectivity index (χ3v) is 12.4. The lowest BCUT2D eigenvalue weighted by Crippen LogP contribution is -2.61. The standard InChI is InChI=1S/C48H50B2N2/c1-9-13-35-19-21-41-39(27-35)49(45-31(5)23-29(3)24-32(45)6)37-15-11-18-44-47(37)51(41)43-17-12-16-38-48(43)52(44)42-22-20-36(14-10-2)28-40(42)50(38)46-33(7)25-30(4)26-34(46)8/h11,15,17-28H,9-10,12-14,16H2,1-8H3. The molecule has 0 radical (unpaired) electrons. The molecule has 0 N–H and O–H groups in total. The van der Waals surface area contributed by atoms with Gasteiger partial charge in [-0.1, -0.05) is 143 Å². The molecule has 0 aromatic heterocycles. The minimum atomic E-state index is 0.162. The molecule has 0 fully saturated rings. The van der Waals surface area contributed by atoms with Crippen molar-refractivity contribution < 1.29 is 0 Å². The molecule has 258 valence electrons. The zero-order chi connectivity index (χ0) is 36.0. The molecule has 0 bridgehead atoms. The van der Waals surface area contributed by atoms with Crippen molar-refractivity contribution >= 4 is 63.5 Å². The third-order valence-electron chi connectivity index (χ3n) is 12.4. The molecular weight excluding hydrogens is 626 g/mol. The van der Waals surface area contributed by atoms with E-state index in [1.54, 1.807) is 5.47 Å². The van der Waals surface area contributed by atoms with Gasteiger partial charge in [0.05, 0.1) is 22.8 Å². The molecule has 52 heavy (non-hydrogen) atoms. The average Bonchev–Trinajstić information content (AvgIpc) is 3.10. The fraction of sp³-hybridized carbons (Fsp3) is 0.292. The van der Waals surface area contributed by atoms with Crippen LogP contribution in [0.3, 0.4) is 0 Å². The van der Waals surface area contributed by atoms with E-state index in [1.165, 1.54) is 106 Å². The van der Waals surface area contributed by atoms with Gasteiger partial charge in [-0.05, 0) is 113 Å². The highest BCUT2D eigenvalue weighted by atomic mass is 15.3. The van der Waals surface area contributed by atoms with Crippen LogP contribution in [0.5, 0.6) is 0 Å². The summed E-state index contributed by atoms with van der Waals surface area (Å²) in [5, 5.41) is 0. The Morgan fingerprint density at radius 2 is 1.10 bits per heavy atom. The number of allylic oxidation sites excluding steroid dienone is 2. The van der Waals surface area contributed by atoms with Gasteiger partial charge in [-0.3, -0.25) is 0 Å². The second-order valence-corrected chi connectivity index (χ2v) is 16.2. The van der Waals surface area contributed by atoms with E-state index in [4.69, 9.17) is 0 Å². The van der Waals surface area contributed by atoms with Crippen LogP contribution in [0.25, 0.3) is 0 Å². The Labute approximate surface area is 312 Å². The predicted octanol–water partition coefficient (Wildman–Crippen LogP) is 8.66. The second kappa shape index (κ2) is 12.5. The summed E-state index contributed by atoms with van der Waals surface area (Å²) >= 11 is 0. The molecule has 4 aliphatic rings. The number of aryl methyl sites for hydroxylation is 8. The minimum Gasteiger partial charge on any atom is -0.308 e. The zero-order valence-corrected chi connectivity index (χ0v) is 32.4. The van der Waals surface area contributed by atoms with Crippen LogP contribution >= 0.6 is 0 Å². The highest BCUT2D eigenvalue weighted by Crippen LogP contribution is 2.53. The zero-order valence-electron chi connectivity index (χ0n) is 32.4. The number of hydrogen-bond acceptors (Lipinski definition) is 2. The summed E-state index contributed by atoms with van der Waals surface area (Å²) in [5.41, 5.74) is 28.1. The van der Waals surface area contributed by atoms with Gasteiger partial charge < -0.3 is 9.80 Å². The summed E-state index contributed by atoms with van der Waals surface area (Å²) in [6.45, 7) is 18.8. The van der Waals surface area contributed by atoms with Gasteiger partial charge in [-0.25, -0.2) is 0 Å². The smallest absolute Gasteiger partial charge is 0.247 e. The van der Waals surface area contributed by atoms with Gasteiger partial charge >= 0.3 is 0 Å². The first kappa shape index (κ1) is 33.2. The van der Waals surface area contributed by atoms with Crippen molar-refractivity contribution in [2.75, 3.05) is 9.80 Å². The molecule has 0 saturated heterocycles. The Morgan fingerprint density at radius 3 is 1.67 bits per heavy atom. The van der Waals surface area contributed by atoms with Gasteiger partial charge in [0, 0.05) is 11.4 Å². The van der Waals surface area contributed by atoms with Gasteiger partial charge in [-0.15, -0.1) is 0 Å². The largest absolute Gasteiger partial charge is 0.308 e. The molecule has 0 spiro atoms. The number of nitrogens with zero attached hydrogens (tertiary/aromatic N) is 2. The molecule has 1 aliphatic carbocycles. The van der Waals surface area contributed by atoms with Crippen LogP contribution in [-0.2, 0) is 12.8 Å². The summed E-state index contributed by atoms with van der Waals surface area (Å²) in [4.78, 5) is 5.36. The monoisotopic (exact) mass is 676 g/mol. The van der Waals surface area contributed by atoms with E-state index in [0.29, 0.717) is 0 Å². The van der Waals surface area contributed by atoms with E-state index >= 15 is 0 Å². The highest BCUT2D eigenvalue weighted by Gasteiger charge is 2.48. The van der Waals surface area contributed by atoms with E-state index in [9.17, 15) is 0 Å². The van der Waals surface area contributed by atoms with Crippen LogP contribution in [0, 0.1) is 41.5 Å². The molecule has 0 unspecified atom stereocenters. The van der Waals surface area contributed by atoms with E-state index in [-0.39, 0.29) is 13.4 Å². The first-order valence-electron chi connectivity index (χ1n) is 19.8. The SMILES string of the molecule is CCCc1ccc2c(c1)B(c1c(C)cc(C)cc1C)C1=C3C(=CCC1)N1c4ccc(CCC)cc4B(c4c(C)cc(C)cc4C)c4cccc(c41)N32. The molecular formula is C48H50B2N2. The summed E-state index contributed by atoms with van der Waals surface area (Å²) in [6.07, 6.45) is 9.16. The lowest BCUT2D eigenvalue weighted by molar-refractivity contribution is 0.900. The van der Waals surface area contributed by atoms with Gasteiger partial charge in [0.2, 0.25) is 13.4 Å². The van der Waals surface area contributed by atoms with Crippen LogP contribution < -0.4 is 37.1 Å². The minimum absolute atomic E-state index is 0.162. The molecule has 3 heterocycles. The maximum absolute atomic E-state index is 2.68. The van der Waals surface area contributed by atoms with Gasteiger partial charge in [0.1, 0.15) is 0 Å². The summed E-state index contributed by atoms with van der Waals surface area (Å²) in [6, 6.07) is 31.6. The fourth-order valence-corrected chi connectivity index (χ4v) is 10.7. The topological polar surface area (TPSA) is 6.48 Å². The van der Waals surface area contributed by atoms with Crippen LogP contribution in [-0.4, -0.2) is 13.4 Å². The van der Waals surface area contributed by atoms with Crippen molar-refractivity contribution in [2.45, 2.75) is 93.9 Å². The Balaban J connectivity index is 1.37. The molecule has 5 aromatic rings. The summed E-state index contributed by atoms with van der Waals surface area (Å²) < 4.78 is 0. The molecule has 5 aromatic carbocycles. The van der Waals surface area contributed by atoms with Crippen LogP contribution in [0.15, 0.2) is 102 Å². The van der Waals surface area contributed by atoms with Crippen molar-refractivity contribution in [3.8, 4) is 0 Å². The van der Waals surface area contributed by atoms with Crippen LogP contribution in [0.2, 0.25) is 0 Å². The normalized spacial score (nSPS) is 15.3. The second-order valence-electron chi connectivity index (χ2n) is 16.2. The number of hydrogen-bond donors (Lipinski definition) is 0. The Kier molecular flexibility index (Phi) is 7.95. The predicted molar refractivity (Wildman–Crippen MR) is 227 cm³/mol. The average molecular weight is 677 g/mol. The summed E-state index contributed by atoms with van der Waals surface area (Å²) in [7, 11) is 0. The van der Waals surface area contributed by atoms with E-state index in [1.807, 2.05) is 0 Å². The summed E-state index contributed by atoms with van der Waals surface area (Å²) in [5.74, 6) is 0. The van der Waals surface area contributed by atoms with Crippen molar-refractivity contribution in [1.82, 2.24) is 0 Å². The van der Waals surface area contributed by atoms with Crippen molar-refractivity contribution in [3.05, 3.63) is 146 Å². The van der Waals surface area contributed by atoms with Gasteiger partial charge in [-0.2, -0.15) is 0 Å². The molecule has 3 aliphatic heterocycles. The lowest BCUT2D eigenvalue weighted by Gasteiger charge is -2.52. The van der Waals surface area contributed by atoms with Crippen LogP contribution in [0.4, 0.5) is 22.7 Å². The highest BCUT2D eigenvalue weighted by molar-refractivity contribution is 6.98. The van der Waals surface area contributed by atoms with E-state index < -0.39 is 0 Å². The first-order valence-corrected chi connectivity index (χ1v) is 19.8. The first-order chi connectivity index (χ1) is 25.2. The Hall–Kier alpha value is -4.69. The van der Waals surface area contributed by atoms with E-state index in [2.05, 4.69) is 150 Å². The molecule has 0 atom stereocenters. The molecule has 0 amide bonds. The quantitative estimate of drug-likeness (QED) is 0.166. The molecule has 2 nitrogen and oxygen atoms in total.